The Labute approximate surface area is 222 Å². The lowest BCUT2D eigenvalue weighted by molar-refractivity contribution is -0.154. The molecule has 37 heavy (non-hydrogen) atoms. The molecule has 1 aliphatic carbocycles. The summed E-state index contributed by atoms with van der Waals surface area (Å²) in [5.41, 5.74) is 5.38. The topological polar surface area (TPSA) is 127 Å². The zero-order valence-corrected chi connectivity index (χ0v) is 22.9. The number of nitrogens with zero attached hydrogens (tertiary/aromatic N) is 2. The molecule has 0 unspecified atom stereocenters. The number of likely N-dealkylation sites (tertiary alicyclic amines) is 1. The van der Waals surface area contributed by atoms with Gasteiger partial charge in [-0.15, -0.1) is 11.3 Å². The Hall–Kier alpha value is -2.72. The third kappa shape index (κ3) is 6.98. The molecule has 1 saturated heterocycles. The molecule has 10 heteroatoms. The van der Waals surface area contributed by atoms with Crippen LogP contribution in [-0.2, 0) is 25.7 Å². The van der Waals surface area contributed by atoms with Gasteiger partial charge >= 0.3 is 5.97 Å². The Kier molecular flexibility index (Phi) is 8.69. The third-order valence-corrected chi connectivity index (χ3v) is 8.18. The predicted molar refractivity (Wildman–Crippen MR) is 145 cm³/mol. The van der Waals surface area contributed by atoms with Gasteiger partial charge in [0.25, 0.3) is 0 Å². The smallest absolute Gasteiger partial charge is 0.320 e. The molecule has 2 atom stereocenters. The van der Waals surface area contributed by atoms with Gasteiger partial charge in [-0.05, 0) is 64.5 Å². The number of esters is 1. The Bertz CT molecular complexity index is 1120. The molecule has 2 aromatic heterocycles. The highest BCUT2D eigenvalue weighted by Gasteiger charge is 2.40. The van der Waals surface area contributed by atoms with Gasteiger partial charge in [0.2, 0.25) is 11.8 Å². The van der Waals surface area contributed by atoms with Crippen molar-refractivity contribution < 1.29 is 19.1 Å². The highest BCUT2D eigenvalue weighted by Crippen LogP contribution is 2.30. The largest absolute Gasteiger partial charge is 0.459 e. The molecule has 2 amide bonds. The minimum atomic E-state index is -0.585. The van der Waals surface area contributed by atoms with Crippen LogP contribution in [0.2, 0.25) is 0 Å². The molecule has 9 nitrogen and oxygen atoms in total. The van der Waals surface area contributed by atoms with Gasteiger partial charge in [0.05, 0.1) is 19.1 Å². The van der Waals surface area contributed by atoms with E-state index in [0.29, 0.717) is 25.3 Å². The molecule has 2 fully saturated rings. The molecule has 0 radical (unpaired) electrons. The first-order chi connectivity index (χ1) is 17.6. The maximum atomic E-state index is 13.8. The van der Waals surface area contributed by atoms with Crippen LogP contribution in [0, 0.1) is 5.92 Å². The van der Waals surface area contributed by atoms with E-state index in [1.165, 1.54) is 0 Å². The quantitative estimate of drug-likeness (QED) is 0.448. The van der Waals surface area contributed by atoms with Gasteiger partial charge in [-0.3, -0.25) is 19.7 Å². The Morgan fingerprint density at radius 1 is 1.19 bits per heavy atom. The zero-order valence-electron chi connectivity index (χ0n) is 22.0. The number of pyridine rings is 1. The van der Waals surface area contributed by atoms with Gasteiger partial charge in [-0.2, -0.15) is 0 Å². The normalized spacial score (nSPS) is 19.6. The molecule has 4 N–H and O–H groups in total. The lowest BCUT2D eigenvalue weighted by Crippen LogP contribution is -2.55. The number of nitrogens with two attached hydrogens (primary N) is 1. The highest BCUT2D eigenvalue weighted by atomic mass is 32.1. The summed E-state index contributed by atoms with van der Waals surface area (Å²) in [5.74, 6) is 0.00546. The average molecular weight is 530 g/mol. The predicted octanol–water partition coefficient (Wildman–Crippen LogP) is 3.37. The molecule has 1 aliphatic heterocycles. The van der Waals surface area contributed by atoms with Crippen LogP contribution in [-0.4, -0.2) is 58.4 Å². The fourth-order valence-corrected chi connectivity index (χ4v) is 6.40. The molecule has 2 aromatic rings. The molecule has 0 aromatic carbocycles. The maximum Gasteiger partial charge on any atom is 0.320 e. The van der Waals surface area contributed by atoms with Crippen LogP contribution in [0.4, 0.5) is 5.82 Å². The average Bonchev–Trinajstić information content (AvgIpc) is 3.50. The van der Waals surface area contributed by atoms with E-state index in [4.69, 9.17) is 10.5 Å². The van der Waals surface area contributed by atoms with Gasteiger partial charge in [0, 0.05) is 27.7 Å². The molecule has 2 aliphatic rings. The number of fused-ring (bicyclic) bond motifs is 1. The number of hydrogen-bond acceptors (Lipinski definition) is 8. The minimum Gasteiger partial charge on any atom is -0.459 e. The summed E-state index contributed by atoms with van der Waals surface area (Å²) in [6, 6.07) is 2.86. The van der Waals surface area contributed by atoms with Crippen LogP contribution in [0.25, 0.3) is 10.1 Å². The van der Waals surface area contributed by atoms with Crippen molar-refractivity contribution in [2.75, 3.05) is 18.8 Å². The van der Waals surface area contributed by atoms with Gasteiger partial charge < -0.3 is 20.7 Å². The number of carbonyl (C=O) groups is 3. The summed E-state index contributed by atoms with van der Waals surface area (Å²) in [4.78, 5) is 46.2. The Morgan fingerprint density at radius 3 is 2.65 bits per heavy atom. The zero-order chi connectivity index (χ0) is 26.6. The van der Waals surface area contributed by atoms with Crippen molar-refractivity contribution in [2.24, 2.45) is 5.92 Å². The lowest BCUT2D eigenvalue weighted by atomic mass is 9.83. The van der Waals surface area contributed by atoms with Gasteiger partial charge in [0.15, 0.2) is 0 Å². The summed E-state index contributed by atoms with van der Waals surface area (Å²) < 4.78 is 6.47. The monoisotopic (exact) mass is 529 g/mol. The van der Waals surface area contributed by atoms with Crippen molar-refractivity contribution in [3.63, 3.8) is 0 Å². The van der Waals surface area contributed by atoms with Crippen molar-refractivity contribution >= 4 is 45.0 Å². The van der Waals surface area contributed by atoms with E-state index in [2.05, 4.69) is 15.6 Å². The van der Waals surface area contributed by atoms with Crippen LogP contribution >= 0.6 is 11.3 Å². The second-order valence-electron chi connectivity index (χ2n) is 11.1. The number of amides is 2. The van der Waals surface area contributed by atoms with Gasteiger partial charge in [-0.25, -0.2) is 4.98 Å². The number of hydrogen-bond donors (Lipinski definition) is 3. The molecule has 1 saturated carbocycles. The number of aromatic nitrogens is 1. The van der Waals surface area contributed by atoms with E-state index in [1.807, 2.05) is 32.9 Å². The standard InChI is InChI=1S/C27H39N5O4S/c1-27(2,3)36-22(33)16-30-23(17-8-5-4-6-9-17)26(35)32-13-7-10-20(32)25(34)31-15-18-14-19-21(37-18)11-12-29-24(19)28/h11-12,14,17,20,23,30H,4-10,13,15-16H2,1-3H3,(H2,28,29)(H,31,34)/t20-,23+/m0/s1. The second kappa shape index (κ2) is 11.8. The van der Waals surface area contributed by atoms with E-state index in [-0.39, 0.29) is 30.2 Å². The van der Waals surface area contributed by atoms with E-state index in [1.54, 1.807) is 22.4 Å². The van der Waals surface area contributed by atoms with Gasteiger partial charge in [0.1, 0.15) is 17.5 Å². The first-order valence-electron chi connectivity index (χ1n) is 13.3. The van der Waals surface area contributed by atoms with E-state index < -0.39 is 17.7 Å². The SMILES string of the molecule is CC(C)(C)OC(=O)CN[C@@H](C(=O)N1CCC[C@H]1C(=O)NCc1cc2c(N)nccc2s1)C1CCCCC1. The Morgan fingerprint density at radius 2 is 1.95 bits per heavy atom. The summed E-state index contributed by atoms with van der Waals surface area (Å²) in [6.45, 7) is 6.36. The molecule has 3 heterocycles. The first-order valence-corrected chi connectivity index (χ1v) is 14.1. The van der Waals surface area contributed by atoms with Crippen molar-refractivity contribution in [1.82, 2.24) is 20.5 Å². The van der Waals surface area contributed by atoms with Crippen molar-refractivity contribution in [2.45, 2.75) is 89.9 Å². The van der Waals surface area contributed by atoms with Gasteiger partial charge in [-0.1, -0.05) is 19.3 Å². The molecule has 4 rings (SSSR count). The number of thiophene rings is 1. The number of ether oxygens (including phenoxy) is 1. The van der Waals surface area contributed by atoms with Crippen molar-refractivity contribution in [3.05, 3.63) is 23.2 Å². The summed E-state index contributed by atoms with van der Waals surface area (Å²) >= 11 is 1.57. The number of anilines is 1. The first kappa shape index (κ1) is 27.3. The number of rotatable bonds is 8. The van der Waals surface area contributed by atoms with Crippen molar-refractivity contribution in [3.8, 4) is 0 Å². The molecule has 202 valence electrons. The molecular formula is C27H39N5O4S. The minimum absolute atomic E-state index is 0.0290. The van der Waals surface area contributed by atoms with Crippen LogP contribution < -0.4 is 16.4 Å². The van der Waals surface area contributed by atoms with Crippen LogP contribution in [0.1, 0.15) is 70.6 Å². The lowest BCUT2D eigenvalue weighted by Gasteiger charge is -2.34. The summed E-state index contributed by atoms with van der Waals surface area (Å²) in [7, 11) is 0. The van der Waals surface area contributed by atoms with Crippen LogP contribution in [0.3, 0.4) is 0 Å². The molecular weight excluding hydrogens is 490 g/mol. The van der Waals surface area contributed by atoms with E-state index in [0.717, 1.165) is 53.5 Å². The molecule has 0 spiro atoms. The fraction of sp³-hybridized carbons (Fsp3) is 0.630. The fourth-order valence-electron chi connectivity index (χ4n) is 5.39. The Balaban J connectivity index is 1.41. The summed E-state index contributed by atoms with van der Waals surface area (Å²) in [5, 5.41) is 7.12. The summed E-state index contributed by atoms with van der Waals surface area (Å²) in [6.07, 6.45) is 8.26. The maximum absolute atomic E-state index is 13.8. The number of nitrogens with one attached hydrogen (secondary N) is 2. The van der Waals surface area contributed by atoms with Crippen molar-refractivity contribution in [1.29, 1.82) is 0 Å². The second-order valence-corrected chi connectivity index (χ2v) is 12.2. The molecule has 0 bridgehead atoms. The third-order valence-electron chi connectivity index (χ3n) is 7.08. The van der Waals surface area contributed by atoms with E-state index in [9.17, 15) is 14.4 Å². The van der Waals surface area contributed by atoms with E-state index >= 15 is 0 Å². The number of nitrogen functional groups attached to an aromatic ring is 1. The van der Waals surface area contributed by atoms with Crippen LogP contribution in [0.15, 0.2) is 18.3 Å². The number of carbonyl (C=O) groups excluding carboxylic acids is 3. The highest BCUT2D eigenvalue weighted by molar-refractivity contribution is 7.19. The van der Waals surface area contributed by atoms with Crippen LogP contribution in [0.5, 0.6) is 0 Å².